The van der Waals surface area contributed by atoms with Crippen molar-refractivity contribution in [3.63, 3.8) is 0 Å². The van der Waals surface area contributed by atoms with E-state index >= 15 is 0 Å². The van der Waals surface area contributed by atoms with Gasteiger partial charge in [-0.3, -0.25) is 0 Å². The molecule has 1 aliphatic heterocycles. The first kappa shape index (κ1) is 26.0. The van der Waals surface area contributed by atoms with Crippen molar-refractivity contribution in [2.45, 2.75) is 63.8 Å². The molecule has 0 unspecified atom stereocenters. The van der Waals surface area contributed by atoms with Crippen LogP contribution in [0, 0.1) is 11.8 Å². The lowest BCUT2D eigenvalue weighted by Gasteiger charge is -2.33. The Bertz CT molecular complexity index is 559. The first-order valence-electron chi connectivity index (χ1n) is 10.4. The van der Waals surface area contributed by atoms with Crippen molar-refractivity contribution in [3.05, 3.63) is 28.2 Å². The van der Waals surface area contributed by atoms with Crippen molar-refractivity contribution in [3.8, 4) is 5.75 Å². The summed E-state index contributed by atoms with van der Waals surface area (Å²) in [5, 5.41) is 0. The van der Waals surface area contributed by atoms with Crippen LogP contribution < -0.4 is 10.5 Å². The number of benzene rings is 1. The molecule has 1 heterocycles. The second-order valence-corrected chi connectivity index (χ2v) is 9.22. The van der Waals surface area contributed by atoms with E-state index in [2.05, 4.69) is 33.0 Å². The van der Waals surface area contributed by atoms with Crippen molar-refractivity contribution in [2.75, 3.05) is 26.7 Å². The van der Waals surface area contributed by atoms with E-state index in [1.807, 2.05) is 6.07 Å². The molecule has 2 aliphatic rings. The number of methoxy groups -OCH3 is 1. The Morgan fingerprint density at radius 3 is 2.36 bits per heavy atom. The van der Waals surface area contributed by atoms with Crippen LogP contribution in [0.3, 0.4) is 0 Å². The van der Waals surface area contributed by atoms with Crippen LogP contribution in [0.25, 0.3) is 0 Å². The predicted molar refractivity (Wildman–Crippen MR) is 127 cm³/mol. The molecule has 1 aliphatic carbocycles. The van der Waals surface area contributed by atoms with E-state index in [4.69, 9.17) is 10.5 Å². The second-order valence-electron chi connectivity index (χ2n) is 8.37. The maximum absolute atomic E-state index is 6.02. The van der Waals surface area contributed by atoms with Crippen LogP contribution in [0.5, 0.6) is 5.75 Å². The molecule has 0 bridgehead atoms. The van der Waals surface area contributed by atoms with Gasteiger partial charge in [0.1, 0.15) is 5.75 Å². The summed E-state index contributed by atoms with van der Waals surface area (Å²) in [6, 6.07) is 6.80. The Balaban J connectivity index is 0.00000196. The fourth-order valence-corrected chi connectivity index (χ4v) is 5.05. The van der Waals surface area contributed by atoms with Crippen molar-refractivity contribution in [2.24, 2.45) is 17.6 Å². The van der Waals surface area contributed by atoms with E-state index in [1.54, 1.807) is 7.11 Å². The smallest absolute Gasteiger partial charge is 0.119 e. The maximum Gasteiger partial charge on any atom is 0.119 e. The summed E-state index contributed by atoms with van der Waals surface area (Å²) < 4.78 is 6.60. The quantitative estimate of drug-likeness (QED) is 0.515. The highest BCUT2D eigenvalue weighted by Crippen LogP contribution is 2.30. The third kappa shape index (κ3) is 8.02. The Kier molecular flexibility index (Phi) is 12.4. The number of piperidine rings is 1. The highest BCUT2D eigenvalue weighted by molar-refractivity contribution is 9.10. The van der Waals surface area contributed by atoms with Crippen LogP contribution in [0.4, 0.5) is 0 Å². The molecule has 28 heavy (non-hydrogen) atoms. The third-order valence-electron chi connectivity index (χ3n) is 6.45. The molecule has 3 nitrogen and oxygen atoms in total. The Labute approximate surface area is 192 Å². The first-order valence-corrected chi connectivity index (χ1v) is 11.2. The molecule has 1 aromatic rings. The summed E-state index contributed by atoms with van der Waals surface area (Å²) in [4.78, 5) is 2.69. The summed E-state index contributed by atoms with van der Waals surface area (Å²) in [6.07, 6.45) is 11.8. The SMILES string of the molecule is COc1ccc(Br)c(CC2CCN(CCC[C@H]3CC[C@H](N)CC3)CC2)c1.Cl.Cl. The highest BCUT2D eigenvalue weighted by Gasteiger charge is 2.22. The van der Waals surface area contributed by atoms with Gasteiger partial charge >= 0.3 is 0 Å². The number of nitrogens with zero attached hydrogens (tertiary/aromatic N) is 1. The average molecular weight is 496 g/mol. The normalized spacial score (nSPS) is 23.5. The molecule has 0 aromatic heterocycles. The fourth-order valence-electron chi connectivity index (χ4n) is 4.64. The molecular weight excluding hydrogens is 459 g/mol. The minimum atomic E-state index is 0. The van der Waals surface area contributed by atoms with Crippen molar-refractivity contribution in [1.82, 2.24) is 4.90 Å². The topological polar surface area (TPSA) is 38.5 Å². The summed E-state index contributed by atoms with van der Waals surface area (Å²) in [5.74, 6) is 2.71. The van der Waals surface area contributed by atoms with E-state index in [0.717, 1.165) is 24.0 Å². The van der Waals surface area contributed by atoms with E-state index < -0.39 is 0 Å². The standard InChI is InChI=1S/C22H35BrN2O.2ClH/c1-26-21-8-9-22(23)19(16-21)15-18-10-13-25(14-11-18)12-2-3-17-4-6-20(24)7-5-17;;/h8-9,16-18,20H,2-7,10-15,24H2,1H3;2*1H/t17-,20-;;. The Hall–Kier alpha value is -0.000000000000000111. The van der Waals surface area contributed by atoms with Gasteiger partial charge in [0, 0.05) is 10.5 Å². The summed E-state index contributed by atoms with van der Waals surface area (Å²) in [7, 11) is 1.74. The molecular formula is C22H37BrCl2N2O. The first-order chi connectivity index (χ1) is 12.6. The highest BCUT2D eigenvalue weighted by atomic mass is 79.9. The monoisotopic (exact) mass is 494 g/mol. The minimum absolute atomic E-state index is 0. The van der Waals surface area contributed by atoms with Crippen LogP contribution in [0.1, 0.15) is 56.9 Å². The molecule has 0 spiro atoms. The molecule has 6 heteroatoms. The maximum atomic E-state index is 6.02. The van der Waals surface area contributed by atoms with E-state index in [9.17, 15) is 0 Å². The van der Waals surface area contributed by atoms with E-state index in [0.29, 0.717) is 6.04 Å². The largest absolute Gasteiger partial charge is 0.497 e. The van der Waals surface area contributed by atoms with Crippen molar-refractivity contribution < 1.29 is 4.74 Å². The molecule has 0 atom stereocenters. The lowest BCUT2D eigenvalue weighted by molar-refractivity contribution is 0.175. The number of hydrogen-bond donors (Lipinski definition) is 1. The molecule has 2 N–H and O–H groups in total. The average Bonchev–Trinajstić information content (AvgIpc) is 2.66. The zero-order valence-electron chi connectivity index (χ0n) is 17.1. The molecule has 3 rings (SSSR count). The number of hydrogen-bond acceptors (Lipinski definition) is 3. The van der Waals surface area contributed by atoms with Gasteiger partial charge in [-0.25, -0.2) is 0 Å². The molecule has 0 radical (unpaired) electrons. The summed E-state index contributed by atoms with van der Waals surface area (Å²) in [6.45, 7) is 3.82. The predicted octanol–water partition coefficient (Wildman–Crippen LogP) is 5.85. The van der Waals surface area contributed by atoms with Gasteiger partial charge in [-0.2, -0.15) is 0 Å². The third-order valence-corrected chi connectivity index (χ3v) is 7.22. The van der Waals surface area contributed by atoms with Gasteiger partial charge in [-0.1, -0.05) is 15.9 Å². The molecule has 162 valence electrons. The minimum Gasteiger partial charge on any atom is -0.497 e. The van der Waals surface area contributed by atoms with Gasteiger partial charge in [0.2, 0.25) is 0 Å². The van der Waals surface area contributed by atoms with E-state index in [1.165, 1.54) is 81.0 Å². The number of halogens is 3. The number of likely N-dealkylation sites (tertiary alicyclic amines) is 1. The molecule has 1 saturated heterocycles. The van der Waals surface area contributed by atoms with Crippen LogP contribution in [0.15, 0.2) is 22.7 Å². The fraction of sp³-hybridized carbons (Fsp3) is 0.727. The zero-order valence-corrected chi connectivity index (χ0v) is 20.3. The van der Waals surface area contributed by atoms with Gasteiger partial charge in [-0.05, 0) is 113 Å². The van der Waals surface area contributed by atoms with Crippen molar-refractivity contribution >= 4 is 40.7 Å². The Morgan fingerprint density at radius 1 is 1.04 bits per heavy atom. The molecule has 1 saturated carbocycles. The number of nitrogens with two attached hydrogens (primary N) is 1. The van der Waals surface area contributed by atoms with Crippen LogP contribution in [-0.4, -0.2) is 37.7 Å². The van der Waals surface area contributed by atoms with Crippen molar-refractivity contribution in [1.29, 1.82) is 0 Å². The van der Waals surface area contributed by atoms with Gasteiger partial charge in [0.25, 0.3) is 0 Å². The Morgan fingerprint density at radius 2 is 1.71 bits per heavy atom. The molecule has 2 fully saturated rings. The summed E-state index contributed by atoms with van der Waals surface area (Å²) in [5.41, 5.74) is 7.41. The number of rotatable bonds is 7. The van der Waals surface area contributed by atoms with Crippen LogP contribution >= 0.6 is 40.7 Å². The van der Waals surface area contributed by atoms with Gasteiger partial charge in [0.15, 0.2) is 0 Å². The second kappa shape index (κ2) is 13.3. The lowest BCUT2D eigenvalue weighted by Crippen LogP contribution is -2.35. The van der Waals surface area contributed by atoms with Crippen LogP contribution in [-0.2, 0) is 6.42 Å². The molecule has 1 aromatic carbocycles. The lowest BCUT2D eigenvalue weighted by atomic mass is 9.83. The van der Waals surface area contributed by atoms with Gasteiger partial charge < -0.3 is 15.4 Å². The van der Waals surface area contributed by atoms with Crippen LogP contribution in [0.2, 0.25) is 0 Å². The number of ether oxygens (including phenoxy) is 1. The van der Waals surface area contributed by atoms with Gasteiger partial charge in [-0.15, -0.1) is 24.8 Å². The van der Waals surface area contributed by atoms with E-state index in [-0.39, 0.29) is 24.8 Å². The summed E-state index contributed by atoms with van der Waals surface area (Å²) >= 11 is 3.70. The van der Waals surface area contributed by atoms with Gasteiger partial charge in [0.05, 0.1) is 7.11 Å². The zero-order chi connectivity index (χ0) is 18.4. The molecule has 0 amide bonds.